The average molecular weight is 844 g/mol. The average Bonchev–Trinajstić information content (AvgIpc) is 3.59. The van der Waals surface area contributed by atoms with Gasteiger partial charge in [-0.15, -0.1) is 5.10 Å². The van der Waals surface area contributed by atoms with E-state index in [0.717, 1.165) is 5.69 Å². The molecule has 0 unspecified atom stereocenters. The van der Waals surface area contributed by atoms with Gasteiger partial charge in [0.2, 0.25) is 0 Å². The number of esters is 1. The summed E-state index contributed by atoms with van der Waals surface area (Å²) in [6.45, 7) is 21.0. The number of methoxy groups -OCH3 is 1. The van der Waals surface area contributed by atoms with Gasteiger partial charge in [-0.05, 0) is 94.7 Å². The summed E-state index contributed by atoms with van der Waals surface area (Å²) >= 11 is 0. The Morgan fingerprint density at radius 2 is 1.66 bits per heavy atom. The van der Waals surface area contributed by atoms with Crippen LogP contribution in [-0.4, -0.2) is 181 Å². The highest BCUT2D eigenvalue weighted by Crippen LogP contribution is 2.40. The van der Waals surface area contributed by atoms with Crippen molar-refractivity contribution in [2.75, 3.05) is 34.3 Å². The zero-order chi connectivity index (χ0) is 44.4. The summed E-state index contributed by atoms with van der Waals surface area (Å²) in [5.74, 6) is -2.69. The summed E-state index contributed by atoms with van der Waals surface area (Å²) in [5, 5.41) is 67.3. The quantitative estimate of drug-likeness (QED) is 0.213. The van der Waals surface area contributed by atoms with Gasteiger partial charge in [0, 0.05) is 50.8 Å². The summed E-state index contributed by atoms with van der Waals surface area (Å²) in [7, 11) is 5.28. The van der Waals surface area contributed by atoms with Crippen molar-refractivity contribution < 1.29 is 58.7 Å². The van der Waals surface area contributed by atoms with Gasteiger partial charge in [0.15, 0.2) is 12.6 Å². The molecule has 4 heterocycles. The number of aromatic nitrogens is 3. The lowest BCUT2D eigenvalue weighted by atomic mass is 9.77. The number of aliphatic hydroxyl groups is 5. The highest BCUT2D eigenvalue weighted by molar-refractivity contribution is 5.73. The Hall–Kier alpha value is -1.87. The van der Waals surface area contributed by atoms with Crippen LogP contribution in [0.25, 0.3) is 0 Å². The van der Waals surface area contributed by atoms with Gasteiger partial charge >= 0.3 is 5.97 Å². The van der Waals surface area contributed by atoms with E-state index in [0.29, 0.717) is 26.1 Å². The molecular formula is C42H77N5O12. The Balaban J connectivity index is 1.77. The van der Waals surface area contributed by atoms with Crippen LogP contribution in [0.5, 0.6) is 0 Å². The van der Waals surface area contributed by atoms with E-state index in [1.54, 1.807) is 46.2 Å². The predicted molar refractivity (Wildman–Crippen MR) is 218 cm³/mol. The maximum atomic E-state index is 14.4. The van der Waals surface area contributed by atoms with Crippen molar-refractivity contribution in [3.05, 3.63) is 11.9 Å². The highest BCUT2D eigenvalue weighted by Gasteiger charge is 2.52. The first-order valence-electron chi connectivity index (χ1n) is 21.5. The van der Waals surface area contributed by atoms with E-state index in [4.69, 9.17) is 28.4 Å². The second-order valence-corrected chi connectivity index (χ2v) is 18.8. The van der Waals surface area contributed by atoms with Gasteiger partial charge < -0.3 is 58.9 Å². The van der Waals surface area contributed by atoms with Crippen LogP contribution in [0.2, 0.25) is 0 Å². The fourth-order valence-corrected chi connectivity index (χ4v) is 9.59. The lowest BCUT2D eigenvalue weighted by Gasteiger charge is -2.49. The Morgan fingerprint density at radius 1 is 1.00 bits per heavy atom. The van der Waals surface area contributed by atoms with Gasteiger partial charge in [0.25, 0.3) is 0 Å². The fraction of sp³-hybridized carbons (Fsp3) is 0.929. The topological polar surface area (TPSA) is 211 Å². The van der Waals surface area contributed by atoms with E-state index in [-0.39, 0.29) is 37.3 Å². The van der Waals surface area contributed by atoms with Gasteiger partial charge in [-0.3, -0.25) is 14.4 Å². The summed E-state index contributed by atoms with van der Waals surface area (Å²) in [4.78, 5) is 18.3. The number of aryl methyl sites for hydroxylation is 1. The molecule has 1 aromatic heterocycles. The molecule has 18 atom stereocenters. The fourth-order valence-electron chi connectivity index (χ4n) is 9.59. The molecule has 3 aliphatic heterocycles. The number of ether oxygens (including phenoxy) is 6. The SMILES string of the molecule is CC[C@H]1OC(=O)[C@H](C)[C@@H](O[C@H]2C[C@@](C)(OC)[C@@H](O)[C@H](C)O2)[C@H](C)[C@@H](O[C@@H]2O[C@H](C)C[C@H](N(C)CCn3cc(C)nn3)[C@H]2O)[C@](C)(O)C[C@@H](C)CN(C)[C@H](C)[C@@H](O)[C@]1(C)O. The van der Waals surface area contributed by atoms with Crippen molar-refractivity contribution in [1.82, 2.24) is 24.8 Å². The molecule has 3 saturated heterocycles. The molecule has 3 fully saturated rings. The second kappa shape index (κ2) is 20.1. The minimum atomic E-state index is -1.82. The molecule has 0 saturated carbocycles. The van der Waals surface area contributed by atoms with Crippen LogP contribution >= 0.6 is 0 Å². The molecule has 0 aliphatic carbocycles. The molecule has 1 aromatic rings. The number of aliphatic hydroxyl groups excluding tert-OH is 3. The van der Waals surface area contributed by atoms with Gasteiger partial charge in [-0.2, -0.15) is 0 Å². The Bertz CT molecular complexity index is 1480. The van der Waals surface area contributed by atoms with Gasteiger partial charge in [0.05, 0.1) is 53.8 Å². The van der Waals surface area contributed by atoms with Crippen LogP contribution in [0.15, 0.2) is 6.20 Å². The minimum absolute atomic E-state index is 0.117. The largest absolute Gasteiger partial charge is 0.459 e. The lowest BCUT2D eigenvalue weighted by molar-refractivity contribution is -0.318. The van der Waals surface area contributed by atoms with E-state index in [9.17, 15) is 30.3 Å². The van der Waals surface area contributed by atoms with E-state index >= 15 is 0 Å². The van der Waals surface area contributed by atoms with E-state index in [2.05, 4.69) is 15.2 Å². The second-order valence-electron chi connectivity index (χ2n) is 18.8. The van der Waals surface area contributed by atoms with Crippen molar-refractivity contribution in [3.8, 4) is 0 Å². The van der Waals surface area contributed by atoms with Crippen molar-refractivity contribution in [2.45, 2.75) is 199 Å². The van der Waals surface area contributed by atoms with Gasteiger partial charge in [-0.25, -0.2) is 0 Å². The molecule has 0 spiro atoms. The highest BCUT2D eigenvalue weighted by atomic mass is 16.7. The third kappa shape index (κ3) is 11.6. The summed E-state index contributed by atoms with van der Waals surface area (Å²) in [5.41, 5.74) is -3.65. The van der Waals surface area contributed by atoms with E-state index < -0.39 is 96.0 Å². The van der Waals surface area contributed by atoms with Crippen LogP contribution in [-0.2, 0) is 39.8 Å². The third-order valence-corrected chi connectivity index (χ3v) is 13.4. The zero-order valence-corrected chi connectivity index (χ0v) is 38.0. The third-order valence-electron chi connectivity index (χ3n) is 13.4. The number of likely N-dealkylation sites (N-methyl/N-ethyl adjacent to an activating group) is 2. The number of hydrogen-bond donors (Lipinski definition) is 5. The standard InChI is InChI=1S/C42H77N5O12/c1-15-31-42(11,53)35(49)28(7)46(13)21-23(2)19-40(9,52)37(59-39-33(48)30(18-25(4)55-39)45(12)16-17-47-22-24(3)43-44-47)26(5)34(27(6)38(51)57-31)58-32-20-41(10,54-14)36(50)29(8)56-32/h22-23,25-37,39,48-50,52-53H,15-21H2,1-14H3/t23-,25-,26+,27-,28-,29+,30+,31-,32+,33-,34+,35-,36+,37-,39+,40-,41-,42-/m1/s1. The number of carbonyl (C=O) groups excluding carboxylic acids is 1. The lowest BCUT2D eigenvalue weighted by Crippen LogP contribution is -2.61. The van der Waals surface area contributed by atoms with Crippen LogP contribution < -0.4 is 0 Å². The molecule has 0 bridgehead atoms. The monoisotopic (exact) mass is 844 g/mol. The minimum Gasteiger partial charge on any atom is -0.459 e. The van der Waals surface area contributed by atoms with Crippen LogP contribution in [0.1, 0.15) is 101 Å². The maximum Gasteiger partial charge on any atom is 0.311 e. The Kier molecular flexibility index (Phi) is 17.0. The smallest absolute Gasteiger partial charge is 0.311 e. The number of carbonyl (C=O) groups is 1. The number of rotatable bonds is 10. The Labute approximate surface area is 351 Å². The number of nitrogens with zero attached hydrogens (tertiary/aromatic N) is 5. The molecule has 0 amide bonds. The normalized spacial score (nSPS) is 45.2. The summed E-state index contributed by atoms with van der Waals surface area (Å²) < 4.78 is 39.8. The summed E-state index contributed by atoms with van der Waals surface area (Å²) in [6.07, 6.45) is -6.82. The van der Waals surface area contributed by atoms with E-state index in [1.807, 2.05) is 52.9 Å². The first-order valence-corrected chi connectivity index (χ1v) is 21.5. The Morgan fingerprint density at radius 3 is 2.25 bits per heavy atom. The van der Waals surface area contributed by atoms with E-state index in [1.165, 1.54) is 14.0 Å². The van der Waals surface area contributed by atoms with Crippen LogP contribution in [0.4, 0.5) is 0 Å². The number of hydrogen-bond acceptors (Lipinski definition) is 16. The maximum absolute atomic E-state index is 14.4. The molecule has 0 radical (unpaired) electrons. The molecule has 5 N–H and O–H groups in total. The molecule has 0 aromatic carbocycles. The van der Waals surface area contributed by atoms with Crippen molar-refractivity contribution in [1.29, 1.82) is 0 Å². The molecule has 4 rings (SSSR count). The molecule has 3 aliphatic rings. The first-order chi connectivity index (χ1) is 27.4. The van der Waals surface area contributed by atoms with Gasteiger partial charge in [-0.1, -0.05) is 26.0 Å². The van der Waals surface area contributed by atoms with Crippen LogP contribution in [0.3, 0.4) is 0 Å². The summed E-state index contributed by atoms with van der Waals surface area (Å²) in [6, 6.07) is -0.924. The molecule has 342 valence electrons. The zero-order valence-electron chi connectivity index (χ0n) is 38.0. The van der Waals surface area contributed by atoms with Gasteiger partial charge in [0.1, 0.15) is 30.0 Å². The first kappa shape index (κ1) is 49.8. The van der Waals surface area contributed by atoms with Crippen molar-refractivity contribution in [2.24, 2.45) is 17.8 Å². The van der Waals surface area contributed by atoms with Crippen molar-refractivity contribution >= 4 is 5.97 Å². The van der Waals surface area contributed by atoms with Crippen LogP contribution in [0, 0.1) is 24.7 Å². The predicted octanol–water partition coefficient (Wildman–Crippen LogP) is 1.87. The molecule has 17 nitrogen and oxygen atoms in total. The molecule has 17 heteroatoms. The van der Waals surface area contributed by atoms with Crippen molar-refractivity contribution in [3.63, 3.8) is 0 Å². The number of cyclic esters (lactones) is 1. The molecular weight excluding hydrogens is 766 g/mol. The molecule has 59 heavy (non-hydrogen) atoms.